The molecule has 0 saturated heterocycles. The van der Waals surface area contributed by atoms with Crippen LogP contribution in [0.3, 0.4) is 0 Å². The Hall–Kier alpha value is -2.40. The third-order valence-electron chi connectivity index (χ3n) is 5.59. The van der Waals surface area contributed by atoms with Crippen molar-refractivity contribution < 1.29 is 9.59 Å². The summed E-state index contributed by atoms with van der Waals surface area (Å²) >= 11 is 1.76. The quantitative estimate of drug-likeness (QED) is 0.696. The average molecular weight is 395 g/mol. The minimum Gasteiger partial charge on any atom is -0.330 e. The fourth-order valence-electron chi connectivity index (χ4n) is 3.92. The van der Waals surface area contributed by atoms with Crippen molar-refractivity contribution in [2.24, 2.45) is 5.92 Å². The monoisotopic (exact) mass is 394 g/mol. The number of carbonyl (C=O) groups is 2. The van der Waals surface area contributed by atoms with E-state index in [0.29, 0.717) is 13.1 Å². The van der Waals surface area contributed by atoms with Gasteiger partial charge in [0.1, 0.15) is 6.54 Å². The van der Waals surface area contributed by atoms with Crippen LogP contribution in [0.25, 0.3) is 0 Å². The Labute approximate surface area is 170 Å². The molecule has 28 heavy (non-hydrogen) atoms. The molecule has 1 saturated carbocycles. The highest BCUT2D eigenvalue weighted by Crippen LogP contribution is 2.38. The van der Waals surface area contributed by atoms with Crippen molar-refractivity contribution in [2.75, 3.05) is 19.6 Å². The van der Waals surface area contributed by atoms with Gasteiger partial charge in [-0.2, -0.15) is 0 Å². The van der Waals surface area contributed by atoms with Gasteiger partial charge in [-0.05, 0) is 48.8 Å². The van der Waals surface area contributed by atoms with Crippen LogP contribution in [0.15, 0.2) is 48.4 Å². The van der Waals surface area contributed by atoms with Crippen molar-refractivity contribution in [1.82, 2.24) is 9.80 Å². The molecule has 1 atom stereocenters. The smallest absolute Gasteiger partial charge is 0.243 e. The summed E-state index contributed by atoms with van der Waals surface area (Å²) in [6, 6.07) is 10.5. The summed E-state index contributed by atoms with van der Waals surface area (Å²) in [5.74, 6) is 0.206. The first-order valence-electron chi connectivity index (χ1n) is 9.90. The van der Waals surface area contributed by atoms with Gasteiger partial charge < -0.3 is 9.80 Å². The van der Waals surface area contributed by atoms with Crippen molar-refractivity contribution in [1.29, 1.82) is 0 Å². The van der Waals surface area contributed by atoms with E-state index in [9.17, 15) is 9.59 Å². The molecule has 2 aliphatic rings. The number of amides is 2. The highest BCUT2D eigenvalue weighted by atomic mass is 32.1. The van der Waals surface area contributed by atoms with E-state index in [1.165, 1.54) is 16.0 Å². The zero-order chi connectivity index (χ0) is 19.7. The van der Waals surface area contributed by atoms with Gasteiger partial charge in [-0.1, -0.05) is 35.9 Å². The van der Waals surface area contributed by atoms with Crippen LogP contribution in [-0.4, -0.2) is 41.2 Å². The number of nitrogens with zero attached hydrogens (tertiary/aromatic N) is 2. The zero-order valence-electron chi connectivity index (χ0n) is 16.3. The number of rotatable bonds is 6. The molecule has 0 bridgehead atoms. The topological polar surface area (TPSA) is 40.6 Å². The van der Waals surface area contributed by atoms with Crippen molar-refractivity contribution in [2.45, 2.75) is 32.2 Å². The normalized spacial score (nSPS) is 18.5. The number of aryl methyl sites for hydroxylation is 1. The highest BCUT2D eigenvalue weighted by molar-refractivity contribution is 7.10. The van der Waals surface area contributed by atoms with Crippen LogP contribution in [0.5, 0.6) is 0 Å². The van der Waals surface area contributed by atoms with E-state index in [4.69, 9.17) is 0 Å². The lowest BCUT2D eigenvalue weighted by atomic mass is 9.92. The Morgan fingerprint density at radius 3 is 2.68 bits per heavy atom. The Bertz CT molecular complexity index is 882. The number of benzene rings is 1. The molecule has 0 spiro atoms. The first-order chi connectivity index (χ1) is 13.6. The van der Waals surface area contributed by atoms with Crippen molar-refractivity contribution in [3.63, 3.8) is 0 Å². The maximum Gasteiger partial charge on any atom is 0.243 e. The summed E-state index contributed by atoms with van der Waals surface area (Å²) in [5, 5.41) is 2.11. The van der Waals surface area contributed by atoms with Gasteiger partial charge in [0.25, 0.3) is 0 Å². The number of fused-ring (bicyclic) bond motifs is 1. The number of hydrogen-bond donors (Lipinski definition) is 0. The van der Waals surface area contributed by atoms with Crippen LogP contribution < -0.4 is 0 Å². The lowest BCUT2D eigenvalue weighted by Gasteiger charge is -2.37. The molecule has 2 aromatic rings. The van der Waals surface area contributed by atoms with Crippen LogP contribution in [0, 0.1) is 12.8 Å². The van der Waals surface area contributed by atoms with E-state index in [0.717, 1.165) is 24.8 Å². The van der Waals surface area contributed by atoms with Crippen LogP contribution in [0.2, 0.25) is 0 Å². The second kappa shape index (κ2) is 7.92. The Morgan fingerprint density at radius 1 is 1.25 bits per heavy atom. The standard InChI is InChI=1S/C23H26N2O2S/c1-3-12-24(23(27)18-8-9-18)15-21(26)25-13-10-20-19(11-14-28-20)22(25)17-6-4-16(2)5-7-17/h3-7,11,14,18,22H,1,8-10,12-13,15H2,2H3/t22-/m1/s1. The molecule has 4 rings (SSSR count). The van der Waals surface area contributed by atoms with Crippen molar-refractivity contribution in [3.8, 4) is 0 Å². The minimum absolute atomic E-state index is 0.0123. The third-order valence-corrected chi connectivity index (χ3v) is 6.59. The predicted molar refractivity (Wildman–Crippen MR) is 112 cm³/mol. The van der Waals surface area contributed by atoms with Crippen LogP contribution in [-0.2, 0) is 16.0 Å². The molecule has 2 amide bonds. The second-order valence-corrected chi connectivity index (χ2v) is 8.73. The molecule has 1 fully saturated rings. The average Bonchev–Trinajstić information content (AvgIpc) is 3.44. The van der Waals surface area contributed by atoms with Crippen molar-refractivity contribution >= 4 is 23.2 Å². The summed E-state index contributed by atoms with van der Waals surface area (Å²) in [6.07, 6.45) is 4.46. The minimum atomic E-state index is -0.0790. The SMILES string of the molecule is C=CCN(CC(=O)N1CCc2sccc2[C@H]1c1ccc(C)cc1)C(=O)C1CC1. The van der Waals surface area contributed by atoms with E-state index < -0.39 is 0 Å². The van der Waals surface area contributed by atoms with Crippen LogP contribution in [0.1, 0.15) is 40.5 Å². The Morgan fingerprint density at radius 2 is 2.00 bits per heavy atom. The van der Waals surface area contributed by atoms with Crippen LogP contribution in [0.4, 0.5) is 0 Å². The fourth-order valence-corrected chi connectivity index (χ4v) is 4.83. The summed E-state index contributed by atoms with van der Waals surface area (Å²) in [4.78, 5) is 30.9. The molecule has 2 heterocycles. The summed E-state index contributed by atoms with van der Waals surface area (Å²) in [6.45, 7) is 7.07. The number of thiophene rings is 1. The predicted octanol–water partition coefficient (Wildman–Crippen LogP) is 3.96. The van der Waals surface area contributed by atoms with Gasteiger partial charge in [-0.25, -0.2) is 0 Å². The Kier molecular flexibility index (Phi) is 5.36. The van der Waals surface area contributed by atoms with E-state index >= 15 is 0 Å². The maximum atomic E-state index is 13.3. The number of carbonyl (C=O) groups excluding carboxylic acids is 2. The Balaban J connectivity index is 1.60. The van der Waals surface area contributed by atoms with E-state index in [1.54, 1.807) is 22.3 Å². The second-order valence-electron chi connectivity index (χ2n) is 7.73. The lowest BCUT2D eigenvalue weighted by Crippen LogP contribution is -2.47. The zero-order valence-corrected chi connectivity index (χ0v) is 17.1. The highest BCUT2D eigenvalue weighted by Gasteiger charge is 2.37. The van der Waals surface area contributed by atoms with E-state index in [-0.39, 0.29) is 30.3 Å². The largest absolute Gasteiger partial charge is 0.330 e. The molecule has 4 nitrogen and oxygen atoms in total. The summed E-state index contributed by atoms with van der Waals surface area (Å²) in [5.41, 5.74) is 3.55. The molecule has 1 aliphatic heterocycles. The van der Waals surface area contributed by atoms with Crippen molar-refractivity contribution in [3.05, 3.63) is 69.9 Å². The molecular formula is C23H26N2O2S. The molecule has 146 valence electrons. The third kappa shape index (κ3) is 3.76. The molecule has 1 aromatic carbocycles. The summed E-state index contributed by atoms with van der Waals surface area (Å²) < 4.78 is 0. The van der Waals surface area contributed by atoms with Gasteiger partial charge in [0.2, 0.25) is 11.8 Å². The molecule has 0 radical (unpaired) electrons. The molecular weight excluding hydrogens is 368 g/mol. The van der Waals surface area contributed by atoms with E-state index in [1.807, 2.05) is 4.90 Å². The molecule has 0 N–H and O–H groups in total. The molecule has 1 aliphatic carbocycles. The first-order valence-corrected chi connectivity index (χ1v) is 10.8. The summed E-state index contributed by atoms with van der Waals surface area (Å²) in [7, 11) is 0. The molecule has 5 heteroatoms. The first kappa shape index (κ1) is 18.9. The number of hydrogen-bond acceptors (Lipinski definition) is 3. The van der Waals surface area contributed by atoms with Gasteiger partial charge in [0.15, 0.2) is 0 Å². The van der Waals surface area contributed by atoms with Gasteiger partial charge in [-0.3, -0.25) is 9.59 Å². The van der Waals surface area contributed by atoms with Gasteiger partial charge in [0.05, 0.1) is 6.04 Å². The molecule has 0 unspecified atom stereocenters. The van der Waals surface area contributed by atoms with Gasteiger partial charge in [-0.15, -0.1) is 17.9 Å². The van der Waals surface area contributed by atoms with Gasteiger partial charge >= 0.3 is 0 Å². The van der Waals surface area contributed by atoms with Gasteiger partial charge in [0, 0.05) is 23.9 Å². The molecule has 1 aromatic heterocycles. The van der Waals surface area contributed by atoms with E-state index in [2.05, 4.69) is 49.2 Å². The fraction of sp³-hybridized carbons (Fsp3) is 0.391. The van der Waals surface area contributed by atoms with Crippen LogP contribution >= 0.6 is 11.3 Å². The maximum absolute atomic E-state index is 13.3. The lowest BCUT2D eigenvalue weighted by molar-refractivity contribution is -0.142.